The quantitative estimate of drug-likeness (QED) is 0.600. The van der Waals surface area contributed by atoms with Gasteiger partial charge in [0.1, 0.15) is 12.1 Å². The van der Waals surface area contributed by atoms with E-state index in [1.165, 1.54) is 0 Å². The Balaban J connectivity index is 1.83. The highest BCUT2D eigenvalue weighted by Gasteiger charge is 2.58. The number of carboxylic acid groups (broad SMARTS) is 1. The van der Waals surface area contributed by atoms with E-state index in [9.17, 15) is 14.4 Å². The first kappa shape index (κ1) is 21.5. The van der Waals surface area contributed by atoms with Gasteiger partial charge in [-0.25, -0.2) is 0 Å². The molecule has 0 aromatic carbocycles. The lowest BCUT2D eigenvalue weighted by atomic mass is 9.49. The Bertz CT molecular complexity index is 614. The molecule has 0 aromatic heterocycles. The first-order valence-corrected chi connectivity index (χ1v) is 11.4. The monoisotopic (exact) mass is 390 g/mol. The maximum absolute atomic E-state index is 12.9. The zero-order chi connectivity index (χ0) is 20.5. The van der Waals surface area contributed by atoms with Crippen LogP contribution in [0, 0.1) is 40.4 Å². The molecule has 3 aliphatic rings. The number of ketones is 1. The van der Waals surface area contributed by atoms with E-state index in [-0.39, 0.29) is 17.3 Å². The summed E-state index contributed by atoms with van der Waals surface area (Å²) in [4.78, 5) is 35.6. The number of aliphatic carboxylic acids is 1. The molecule has 3 rings (SSSR count). The van der Waals surface area contributed by atoms with Crippen molar-refractivity contribution in [3.05, 3.63) is 0 Å². The van der Waals surface area contributed by atoms with Crippen LogP contribution in [0.25, 0.3) is 0 Å². The van der Waals surface area contributed by atoms with Crippen molar-refractivity contribution in [1.29, 1.82) is 0 Å². The Labute approximate surface area is 169 Å². The second-order valence-electron chi connectivity index (χ2n) is 10.5. The Morgan fingerprint density at radius 2 is 1.93 bits per heavy atom. The smallest absolute Gasteiger partial charge is 0.303 e. The fourth-order valence-corrected chi connectivity index (χ4v) is 7.64. The number of carboxylic acids is 1. The van der Waals surface area contributed by atoms with E-state index in [2.05, 4.69) is 20.8 Å². The lowest BCUT2D eigenvalue weighted by Crippen LogP contribution is -2.50. The van der Waals surface area contributed by atoms with Crippen LogP contribution in [0.4, 0.5) is 0 Å². The van der Waals surface area contributed by atoms with Crippen molar-refractivity contribution in [2.75, 3.05) is 0 Å². The largest absolute Gasteiger partial charge is 0.481 e. The van der Waals surface area contributed by atoms with Crippen LogP contribution in [-0.4, -0.2) is 23.1 Å². The van der Waals surface area contributed by atoms with E-state index in [4.69, 9.17) is 5.11 Å². The minimum absolute atomic E-state index is 0.177. The molecule has 0 saturated heterocycles. The maximum Gasteiger partial charge on any atom is 0.303 e. The van der Waals surface area contributed by atoms with Crippen LogP contribution in [0.2, 0.25) is 0 Å². The van der Waals surface area contributed by atoms with Crippen LogP contribution in [0.15, 0.2) is 0 Å². The molecule has 0 bridgehead atoms. The van der Waals surface area contributed by atoms with Gasteiger partial charge in [0.25, 0.3) is 0 Å². The van der Waals surface area contributed by atoms with Crippen LogP contribution < -0.4 is 0 Å². The summed E-state index contributed by atoms with van der Waals surface area (Å²) in [6, 6.07) is 0. The second-order valence-corrected chi connectivity index (χ2v) is 10.5. The number of carbonyl (C=O) groups excluding carboxylic acids is 2. The summed E-state index contributed by atoms with van der Waals surface area (Å²) in [5, 5.41) is 9.08. The number of rotatable bonds is 7. The summed E-state index contributed by atoms with van der Waals surface area (Å²) in [6.07, 6.45) is 10.9. The molecule has 4 heteroatoms. The lowest BCUT2D eigenvalue weighted by Gasteiger charge is -2.54. The highest BCUT2D eigenvalue weighted by Crippen LogP contribution is 2.64. The Hall–Kier alpha value is -1.19. The van der Waals surface area contributed by atoms with E-state index < -0.39 is 5.97 Å². The van der Waals surface area contributed by atoms with Gasteiger partial charge < -0.3 is 9.90 Å². The summed E-state index contributed by atoms with van der Waals surface area (Å²) < 4.78 is 0. The fraction of sp³-hybridized carbons (Fsp3) is 0.875. The van der Waals surface area contributed by atoms with E-state index in [1.807, 2.05) is 0 Å². The zero-order valence-corrected chi connectivity index (χ0v) is 17.9. The highest BCUT2D eigenvalue weighted by atomic mass is 16.4. The third kappa shape index (κ3) is 3.68. The first-order valence-electron chi connectivity index (χ1n) is 11.4. The molecule has 0 aromatic rings. The minimum Gasteiger partial charge on any atom is -0.481 e. The molecule has 158 valence electrons. The molecule has 4 nitrogen and oxygen atoms in total. The van der Waals surface area contributed by atoms with E-state index in [0.29, 0.717) is 48.2 Å². The Morgan fingerprint density at radius 1 is 1.18 bits per heavy atom. The highest BCUT2D eigenvalue weighted by molar-refractivity contribution is 5.85. The molecule has 3 fully saturated rings. The van der Waals surface area contributed by atoms with Crippen molar-refractivity contribution < 1.29 is 19.5 Å². The van der Waals surface area contributed by atoms with E-state index >= 15 is 0 Å². The standard InChI is InChI=1S/C24H38O4/c1-16(7-10-22(27)28)18-8-9-19-17(12-15-25)20(11-14-23(18,19)2)24(3)13-5-4-6-21(24)26/h15-20H,4-14H2,1-3H3,(H,27,28)/t16-,17?,18-,19?,20?,23-,24-/m1/s1. The van der Waals surface area contributed by atoms with Crippen molar-refractivity contribution in [2.24, 2.45) is 40.4 Å². The molecule has 0 amide bonds. The van der Waals surface area contributed by atoms with Crippen LogP contribution in [0.3, 0.4) is 0 Å². The minimum atomic E-state index is -0.710. The summed E-state index contributed by atoms with van der Waals surface area (Å²) in [7, 11) is 0. The SMILES string of the molecule is C[C@H](CCC(=O)O)[C@H]1CCC2C(CC=O)C([C@@]3(C)CCCCC3=O)CC[C@@]21C. The number of hydrogen-bond donors (Lipinski definition) is 1. The third-order valence-electron chi connectivity index (χ3n) is 9.18. The number of Topliss-reactive ketones (excluding diaryl/α,β-unsaturated/α-hetero) is 1. The molecule has 3 saturated carbocycles. The molecule has 0 radical (unpaired) electrons. The summed E-state index contributed by atoms with van der Waals surface area (Å²) in [5.74, 6) is 1.76. The molecule has 0 aliphatic heterocycles. The van der Waals surface area contributed by atoms with Gasteiger partial charge in [0.05, 0.1) is 0 Å². The Kier molecular flexibility index (Phi) is 6.36. The van der Waals surface area contributed by atoms with Gasteiger partial charge in [-0.3, -0.25) is 9.59 Å². The lowest BCUT2D eigenvalue weighted by molar-refractivity contribution is -0.142. The van der Waals surface area contributed by atoms with Gasteiger partial charge in [0, 0.05) is 24.7 Å². The molecule has 1 N–H and O–H groups in total. The van der Waals surface area contributed by atoms with E-state index in [1.54, 1.807) is 0 Å². The van der Waals surface area contributed by atoms with Crippen molar-refractivity contribution >= 4 is 18.0 Å². The molecular weight excluding hydrogens is 352 g/mol. The average molecular weight is 391 g/mol. The molecule has 0 heterocycles. The number of aldehydes is 1. The predicted molar refractivity (Wildman–Crippen MR) is 109 cm³/mol. The van der Waals surface area contributed by atoms with Crippen LogP contribution in [0.5, 0.6) is 0 Å². The van der Waals surface area contributed by atoms with Gasteiger partial charge in [0.15, 0.2) is 0 Å². The van der Waals surface area contributed by atoms with Crippen molar-refractivity contribution in [1.82, 2.24) is 0 Å². The number of fused-ring (bicyclic) bond motifs is 1. The average Bonchev–Trinajstić information content (AvgIpc) is 3.00. The van der Waals surface area contributed by atoms with Gasteiger partial charge in [-0.1, -0.05) is 27.2 Å². The molecule has 28 heavy (non-hydrogen) atoms. The molecular formula is C24H38O4. The summed E-state index contributed by atoms with van der Waals surface area (Å²) in [5.41, 5.74) is -0.0730. The normalized spacial score (nSPS) is 42.0. The van der Waals surface area contributed by atoms with Crippen LogP contribution in [-0.2, 0) is 14.4 Å². The Morgan fingerprint density at radius 3 is 2.57 bits per heavy atom. The van der Waals surface area contributed by atoms with Gasteiger partial charge >= 0.3 is 5.97 Å². The van der Waals surface area contributed by atoms with Gasteiger partial charge in [-0.15, -0.1) is 0 Å². The summed E-state index contributed by atoms with van der Waals surface area (Å²) in [6.45, 7) is 6.79. The molecule has 0 spiro atoms. The topological polar surface area (TPSA) is 71.4 Å². The van der Waals surface area contributed by atoms with Crippen molar-refractivity contribution in [3.8, 4) is 0 Å². The number of hydrogen-bond acceptors (Lipinski definition) is 3. The second kappa shape index (κ2) is 8.28. The third-order valence-corrected chi connectivity index (χ3v) is 9.18. The first-order chi connectivity index (χ1) is 13.2. The van der Waals surface area contributed by atoms with E-state index in [0.717, 1.165) is 57.7 Å². The maximum atomic E-state index is 12.9. The molecule has 3 aliphatic carbocycles. The fourth-order valence-electron chi connectivity index (χ4n) is 7.64. The summed E-state index contributed by atoms with van der Waals surface area (Å²) >= 11 is 0. The van der Waals surface area contributed by atoms with Gasteiger partial charge in [-0.05, 0) is 80.0 Å². The number of carbonyl (C=O) groups is 3. The molecule has 7 atom stereocenters. The van der Waals surface area contributed by atoms with Gasteiger partial charge in [0.2, 0.25) is 0 Å². The predicted octanol–water partition coefficient (Wildman–Crippen LogP) is 5.28. The molecule has 3 unspecified atom stereocenters. The van der Waals surface area contributed by atoms with Crippen molar-refractivity contribution in [2.45, 2.75) is 91.4 Å². The van der Waals surface area contributed by atoms with Gasteiger partial charge in [-0.2, -0.15) is 0 Å². The zero-order valence-electron chi connectivity index (χ0n) is 17.9. The van der Waals surface area contributed by atoms with Crippen LogP contribution in [0.1, 0.15) is 91.4 Å². The van der Waals surface area contributed by atoms with Crippen LogP contribution >= 0.6 is 0 Å². The van der Waals surface area contributed by atoms with Crippen molar-refractivity contribution in [3.63, 3.8) is 0 Å².